The lowest BCUT2D eigenvalue weighted by Gasteiger charge is -2.40. The summed E-state index contributed by atoms with van der Waals surface area (Å²) in [4.78, 5) is 44.9. The average Bonchev–Trinajstić information content (AvgIpc) is 3.49. The van der Waals surface area contributed by atoms with E-state index in [0.717, 1.165) is 5.52 Å². The first-order valence-electron chi connectivity index (χ1n) is 13.1. The van der Waals surface area contributed by atoms with E-state index in [2.05, 4.69) is 10.3 Å². The van der Waals surface area contributed by atoms with E-state index < -0.39 is 47.0 Å². The number of fused-ring (bicyclic) bond motifs is 3. The summed E-state index contributed by atoms with van der Waals surface area (Å²) in [6.45, 7) is 3.83. The number of para-hydroxylation sites is 1. The van der Waals surface area contributed by atoms with Crippen molar-refractivity contribution in [3.8, 4) is 0 Å². The third kappa shape index (κ3) is 3.37. The number of amides is 2. The molecule has 0 radical (unpaired) electrons. The molecule has 1 spiro atoms. The number of hydrogen-bond acceptors (Lipinski definition) is 8. The number of hydrogen-bond donors (Lipinski definition) is 1. The molecular weight excluding hydrogens is 490 g/mol. The predicted molar refractivity (Wildman–Crippen MR) is 134 cm³/mol. The smallest absolute Gasteiger partial charge is 0.313 e. The van der Waals surface area contributed by atoms with Gasteiger partial charge in [0.05, 0.1) is 30.7 Å². The Hall–Kier alpha value is -3.57. The zero-order valence-electron chi connectivity index (χ0n) is 21.4. The molecule has 0 aliphatic carbocycles. The van der Waals surface area contributed by atoms with Crippen LogP contribution in [-0.4, -0.2) is 90.7 Å². The first kappa shape index (κ1) is 24.7. The van der Waals surface area contributed by atoms with Crippen molar-refractivity contribution in [2.24, 2.45) is 11.8 Å². The van der Waals surface area contributed by atoms with Gasteiger partial charge in [-0.3, -0.25) is 14.4 Å². The second kappa shape index (κ2) is 9.02. The molecule has 1 unspecified atom stereocenters. The molecule has 1 aromatic heterocycles. The van der Waals surface area contributed by atoms with Crippen LogP contribution < -0.4 is 0 Å². The summed E-state index contributed by atoms with van der Waals surface area (Å²) in [7, 11) is 0. The number of rotatable bonds is 5. The van der Waals surface area contributed by atoms with Crippen molar-refractivity contribution in [3.05, 3.63) is 48.6 Å². The summed E-state index contributed by atoms with van der Waals surface area (Å²) >= 11 is 0. The Labute approximate surface area is 219 Å². The first-order valence-corrected chi connectivity index (χ1v) is 13.1. The minimum atomic E-state index is -1.40. The van der Waals surface area contributed by atoms with E-state index in [1.165, 1.54) is 4.90 Å². The van der Waals surface area contributed by atoms with Crippen LogP contribution in [0.5, 0.6) is 0 Å². The molecule has 38 heavy (non-hydrogen) atoms. The molecule has 4 aliphatic rings. The van der Waals surface area contributed by atoms with Gasteiger partial charge in [0, 0.05) is 6.54 Å². The molecule has 11 heteroatoms. The Morgan fingerprint density at radius 2 is 1.95 bits per heavy atom. The molecule has 1 N–H and O–H groups in total. The zero-order chi connectivity index (χ0) is 26.7. The summed E-state index contributed by atoms with van der Waals surface area (Å²) in [5, 5.41) is 18.5. The van der Waals surface area contributed by atoms with E-state index in [9.17, 15) is 19.5 Å². The fourth-order valence-corrected chi connectivity index (χ4v) is 6.59. The number of carbonyl (C=O) groups excluding carboxylic acids is 3. The third-order valence-corrected chi connectivity index (χ3v) is 8.39. The minimum absolute atomic E-state index is 0.112. The maximum Gasteiger partial charge on any atom is 0.313 e. The van der Waals surface area contributed by atoms with Gasteiger partial charge in [-0.1, -0.05) is 48.6 Å². The van der Waals surface area contributed by atoms with Crippen LogP contribution >= 0.6 is 0 Å². The largest absolute Gasteiger partial charge is 0.465 e. The molecule has 2 aromatic rings. The van der Waals surface area contributed by atoms with E-state index in [4.69, 9.17) is 9.47 Å². The molecule has 5 heterocycles. The van der Waals surface area contributed by atoms with Crippen LogP contribution in [0.15, 0.2) is 48.6 Å². The van der Waals surface area contributed by atoms with Gasteiger partial charge in [-0.05, 0) is 31.9 Å². The first-order chi connectivity index (χ1) is 18.4. The van der Waals surface area contributed by atoms with Crippen LogP contribution in [0.1, 0.15) is 26.7 Å². The maximum atomic E-state index is 14.4. The van der Waals surface area contributed by atoms with Gasteiger partial charge in [0.2, 0.25) is 5.91 Å². The highest BCUT2D eigenvalue weighted by atomic mass is 16.6. The van der Waals surface area contributed by atoms with Crippen molar-refractivity contribution in [1.82, 2.24) is 24.8 Å². The Morgan fingerprint density at radius 1 is 1.13 bits per heavy atom. The molecular formula is C27H31N5O6. The molecule has 1 aromatic carbocycles. The molecule has 6 rings (SSSR count). The van der Waals surface area contributed by atoms with Crippen molar-refractivity contribution < 1.29 is 29.0 Å². The number of likely N-dealkylation sites (tertiary alicyclic amines) is 1. The van der Waals surface area contributed by atoms with Gasteiger partial charge in [-0.15, -0.1) is 5.10 Å². The van der Waals surface area contributed by atoms with Crippen LogP contribution in [0, 0.1) is 11.8 Å². The molecule has 2 amide bonds. The van der Waals surface area contributed by atoms with Gasteiger partial charge in [0.1, 0.15) is 35.3 Å². The van der Waals surface area contributed by atoms with Crippen molar-refractivity contribution in [2.45, 2.75) is 56.6 Å². The van der Waals surface area contributed by atoms with Gasteiger partial charge < -0.3 is 24.4 Å². The molecule has 2 saturated heterocycles. The van der Waals surface area contributed by atoms with E-state index in [0.29, 0.717) is 18.4 Å². The van der Waals surface area contributed by atoms with E-state index in [1.54, 1.807) is 22.6 Å². The van der Waals surface area contributed by atoms with Crippen molar-refractivity contribution >= 4 is 28.8 Å². The molecule has 6 atom stereocenters. The second-order valence-electron chi connectivity index (χ2n) is 10.4. The number of aromatic nitrogens is 3. The highest BCUT2D eigenvalue weighted by Gasteiger charge is 2.75. The van der Waals surface area contributed by atoms with Gasteiger partial charge in [0.25, 0.3) is 5.91 Å². The molecule has 2 fully saturated rings. The standard InChI is InChI=1S/C27H31N5O6/c1-3-26-11-6-7-14-37-25(36)21(26)20-23(34)32(17(2)15-33)22-24(35)30(13-8-12-27(20,22)38-26)16-31-19-10-5-4-9-18(19)28-29-31/h4-6,8-12,17,20-22,33H,3,7,13-16H2,1-2H3/t17-,20+,21-,22?,26+,27+/m1/s1. The molecule has 200 valence electrons. The third-order valence-electron chi connectivity index (χ3n) is 8.39. The summed E-state index contributed by atoms with van der Waals surface area (Å²) in [5.41, 5.74) is -1.01. The lowest BCUT2D eigenvalue weighted by Crippen LogP contribution is -2.58. The minimum Gasteiger partial charge on any atom is -0.465 e. The Morgan fingerprint density at radius 3 is 2.74 bits per heavy atom. The second-order valence-corrected chi connectivity index (χ2v) is 10.4. The fraction of sp³-hybridized carbons (Fsp3) is 0.519. The molecule has 0 bridgehead atoms. The number of aliphatic hydroxyl groups excluding tert-OH is 1. The van der Waals surface area contributed by atoms with Crippen LogP contribution in [0.25, 0.3) is 11.0 Å². The quantitative estimate of drug-likeness (QED) is 0.457. The van der Waals surface area contributed by atoms with Crippen molar-refractivity contribution in [1.29, 1.82) is 0 Å². The Kier molecular flexibility index (Phi) is 5.88. The lowest BCUT2D eigenvalue weighted by atomic mass is 9.73. The van der Waals surface area contributed by atoms with Gasteiger partial charge in [0.15, 0.2) is 0 Å². The summed E-state index contributed by atoms with van der Waals surface area (Å²) in [6.07, 6.45) is 8.36. The summed E-state index contributed by atoms with van der Waals surface area (Å²) in [5.74, 6) is -3.13. The van der Waals surface area contributed by atoms with Crippen LogP contribution in [-0.2, 0) is 30.5 Å². The number of ether oxygens (including phenoxy) is 2. The average molecular weight is 522 g/mol. The van der Waals surface area contributed by atoms with E-state index in [-0.39, 0.29) is 32.3 Å². The predicted octanol–water partition coefficient (Wildman–Crippen LogP) is 1.03. The molecule has 0 saturated carbocycles. The lowest BCUT2D eigenvalue weighted by molar-refractivity contribution is -0.163. The van der Waals surface area contributed by atoms with Gasteiger partial charge in [-0.2, -0.15) is 0 Å². The monoisotopic (exact) mass is 521 g/mol. The Balaban J connectivity index is 1.46. The topological polar surface area (TPSA) is 127 Å². The summed E-state index contributed by atoms with van der Waals surface area (Å²) < 4.78 is 14.0. The number of benzene rings is 1. The van der Waals surface area contributed by atoms with Crippen LogP contribution in [0.3, 0.4) is 0 Å². The Bertz CT molecular complexity index is 1350. The normalized spacial score (nSPS) is 33.4. The molecule has 11 nitrogen and oxygen atoms in total. The van der Waals surface area contributed by atoms with Gasteiger partial charge in [-0.25, -0.2) is 4.68 Å². The number of aliphatic hydroxyl groups is 1. The highest BCUT2D eigenvalue weighted by molar-refractivity contribution is 5.99. The van der Waals surface area contributed by atoms with Crippen LogP contribution in [0.4, 0.5) is 0 Å². The van der Waals surface area contributed by atoms with E-state index >= 15 is 0 Å². The van der Waals surface area contributed by atoms with Crippen molar-refractivity contribution in [2.75, 3.05) is 19.8 Å². The fourth-order valence-electron chi connectivity index (χ4n) is 6.59. The van der Waals surface area contributed by atoms with Crippen LogP contribution in [0.2, 0.25) is 0 Å². The SMILES string of the molecule is CC[C@]12C=CCCOC(=O)[C@H]1[C@H]1C(=O)N([C@H](C)CO)C3C(=O)N(Cn4nnc5ccccc54)CC=C[C@@]31O2. The van der Waals surface area contributed by atoms with Gasteiger partial charge >= 0.3 is 5.97 Å². The number of nitrogens with zero attached hydrogens (tertiary/aromatic N) is 5. The zero-order valence-corrected chi connectivity index (χ0v) is 21.4. The highest BCUT2D eigenvalue weighted by Crippen LogP contribution is 2.58. The summed E-state index contributed by atoms with van der Waals surface area (Å²) in [6, 6.07) is 5.73. The number of carbonyl (C=O) groups is 3. The number of esters is 1. The molecule has 4 aliphatic heterocycles. The van der Waals surface area contributed by atoms with Crippen molar-refractivity contribution in [3.63, 3.8) is 0 Å². The van der Waals surface area contributed by atoms with E-state index in [1.807, 2.05) is 49.4 Å². The maximum absolute atomic E-state index is 14.4. The number of cyclic esters (lactones) is 1.